The maximum absolute atomic E-state index is 13.7. The number of Topliss-reactive ketones (excluding diaryl/α,β-unsaturated/α-hetero) is 1. The molecule has 4 rings (SSSR count). The van der Waals surface area contributed by atoms with E-state index in [1.54, 1.807) is 19.1 Å². The molecule has 0 unspecified atom stereocenters. The molecule has 4 N–H and O–H groups in total. The van der Waals surface area contributed by atoms with Crippen molar-refractivity contribution in [3.05, 3.63) is 23.3 Å². The van der Waals surface area contributed by atoms with Crippen molar-refractivity contribution in [3.63, 3.8) is 0 Å². The highest BCUT2D eigenvalue weighted by molar-refractivity contribution is 5.95. The van der Waals surface area contributed by atoms with Gasteiger partial charge in [-0.1, -0.05) is 32.9 Å². The Labute approximate surface area is 148 Å². The minimum absolute atomic E-state index is 0.0245. The van der Waals surface area contributed by atoms with Crippen LogP contribution in [0.25, 0.3) is 0 Å². The second-order valence-electron chi connectivity index (χ2n) is 9.27. The van der Waals surface area contributed by atoms with Crippen LogP contribution >= 0.6 is 0 Å². The van der Waals surface area contributed by atoms with Gasteiger partial charge in [-0.2, -0.15) is 0 Å². The maximum Gasteiger partial charge on any atom is 0.153 e. The largest absolute Gasteiger partial charge is 0.392 e. The van der Waals surface area contributed by atoms with Gasteiger partial charge in [0.1, 0.15) is 17.8 Å². The van der Waals surface area contributed by atoms with E-state index in [9.17, 15) is 25.2 Å². The highest BCUT2D eigenvalue weighted by Gasteiger charge is 2.75. The average molecular weight is 348 g/mol. The lowest BCUT2D eigenvalue weighted by molar-refractivity contribution is -0.190. The monoisotopic (exact) mass is 348 g/mol. The van der Waals surface area contributed by atoms with Gasteiger partial charge in [-0.15, -0.1) is 0 Å². The highest BCUT2D eigenvalue weighted by Crippen LogP contribution is 2.71. The summed E-state index contributed by atoms with van der Waals surface area (Å²) < 4.78 is 0. The predicted molar refractivity (Wildman–Crippen MR) is 91.4 cm³/mol. The lowest BCUT2D eigenvalue weighted by atomic mass is 9.59. The Hall–Kier alpha value is -1.01. The molecule has 0 heterocycles. The summed E-state index contributed by atoms with van der Waals surface area (Å²) in [6, 6.07) is 0. The summed E-state index contributed by atoms with van der Waals surface area (Å²) in [6.07, 6.45) is 1.34. The van der Waals surface area contributed by atoms with Crippen molar-refractivity contribution in [2.75, 3.05) is 6.61 Å². The Morgan fingerprint density at radius 2 is 1.88 bits per heavy atom. The van der Waals surface area contributed by atoms with Crippen LogP contribution in [0.5, 0.6) is 0 Å². The molecule has 8 atom stereocenters. The molecule has 0 radical (unpaired) electrons. The molecule has 0 aliphatic heterocycles. The third kappa shape index (κ3) is 1.71. The molecular formula is C20H28O5. The van der Waals surface area contributed by atoms with Crippen LogP contribution in [-0.2, 0) is 4.79 Å². The van der Waals surface area contributed by atoms with Crippen LogP contribution in [0.2, 0.25) is 0 Å². The summed E-state index contributed by atoms with van der Waals surface area (Å²) in [5, 5.41) is 43.0. The number of carbonyl (C=O) groups is 1. The van der Waals surface area contributed by atoms with E-state index >= 15 is 0 Å². The van der Waals surface area contributed by atoms with Crippen molar-refractivity contribution in [2.45, 2.75) is 51.9 Å². The molecular weight excluding hydrogens is 320 g/mol. The number of allylic oxidation sites excluding steroid dienone is 1. The van der Waals surface area contributed by atoms with E-state index in [-0.39, 0.29) is 28.6 Å². The zero-order chi connectivity index (χ0) is 18.5. The van der Waals surface area contributed by atoms with Crippen LogP contribution in [0.15, 0.2) is 23.3 Å². The third-order valence-corrected chi connectivity index (χ3v) is 7.93. The van der Waals surface area contributed by atoms with E-state index in [1.807, 2.05) is 6.92 Å². The van der Waals surface area contributed by atoms with Gasteiger partial charge in [0.05, 0.1) is 12.0 Å². The molecule has 2 fully saturated rings. The Balaban J connectivity index is 1.99. The molecule has 0 aromatic carbocycles. The second-order valence-corrected chi connectivity index (χ2v) is 9.27. The molecule has 4 aliphatic carbocycles. The van der Waals surface area contributed by atoms with E-state index in [0.29, 0.717) is 11.5 Å². The van der Waals surface area contributed by atoms with Gasteiger partial charge in [0.15, 0.2) is 5.78 Å². The smallest absolute Gasteiger partial charge is 0.153 e. The zero-order valence-electron chi connectivity index (χ0n) is 15.2. The molecule has 25 heavy (non-hydrogen) atoms. The van der Waals surface area contributed by atoms with Crippen LogP contribution in [0.3, 0.4) is 0 Å². The molecule has 138 valence electrons. The molecule has 1 spiro atoms. The summed E-state index contributed by atoms with van der Waals surface area (Å²) in [6.45, 7) is 7.50. The van der Waals surface area contributed by atoms with Gasteiger partial charge in [0.2, 0.25) is 0 Å². The van der Waals surface area contributed by atoms with Gasteiger partial charge in [-0.3, -0.25) is 4.79 Å². The number of hydrogen-bond acceptors (Lipinski definition) is 5. The molecule has 5 heteroatoms. The maximum atomic E-state index is 13.7. The van der Waals surface area contributed by atoms with E-state index in [2.05, 4.69) is 13.8 Å². The molecule has 4 aliphatic rings. The SMILES string of the molecule is CC1=C[C@]23C(=O)[C@@H](C=C(CO)[C@H](O)[C@]2(O)[C@@H]1O)[C@H]1[C@@H](C[C@H]3C)C1(C)C. The van der Waals surface area contributed by atoms with Gasteiger partial charge in [-0.05, 0) is 47.7 Å². The summed E-state index contributed by atoms with van der Waals surface area (Å²) in [5.74, 6) is -0.288. The van der Waals surface area contributed by atoms with E-state index in [0.717, 1.165) is 6.42 Å². The number of fused-ring (bicyclic) bond motifs is 3. The lowest BCUT2D eigenvalue weighted by Crippen LogP contribution is -2.65. The fraction of sp³-hybridized carbons (Fsp3) is 0.750. The Kier molecular flexibility index (Phi) is 3.36. The van der Waals surface area contributed by atoms with Crippen molar-refractivity contribution in [1.82, 2.24) is 0 Å². The molecule has 5 nitrogen and oxygen atoms in total. The van der Waals surface area contributed by atoms with Crippen LogP contribution < -0.4 is 0 Å². The summed E-state index contributed by atoms with van der Waals surface area (Å²) >= 11 is 0. The zero-order valence-corrected chi connectivity index (χ0v) is 15.2. The molecule has 0 aromatic rings. The summed E-state index contributed by atoms with van der Waals surface area (Å²) in [4.78, 5) is 13.7. The van der Waals surface area contributed by atoms with E-state index < -0.39 is 35.7 Å². The molecule has 0 saturated heterocycles. The van der Waals surface area contributed by atoms with Crippen molar-refractivity contribution >= 4 is 5.78 Å². The number of hydrogen-bond donors (Lipinski definition) is 4. The molecule has 0 aromatic heterocycles. The van der Waals surface area contributed by atoms with Crippen LogP contribution in [0, 0.1) is 34.5 Å². The van der Waals surface area contributed by atoms with Crippen molar-refractivity contribution in [3.8, 4) is 0 Å². The first-order chi connectivity index (χ1) is 11.5. The third-order valence-electron chi connectivity index (χ3n) is 7.93. The normalized spacial score (nSPS) is 53.2. The predicted octanol–water partition coefficient (Wildman–Crippen LogP) is 0.815. The Morgan fingerprint density at radius 3 is 2.48 bits per heavy atom. The first-order valence-electron chi connectivity index (χ1n) is 9.18. The van der Waals surface area contributed by atoms with Gasteiger partial charge in [0.25, 0.3) is 0 Å². The number of carbonyl (C=O) groups excluding carboxylic acids is 1. The average Bonchev–Trinajstić information content (AvgIpc) is 3.05. The minimum Gasteiger partial charge on any atom is -0.392 e. The topological polar surface area (TPSA) is 98.0 Å². The first-order valence-corrected chi connectivity index (χ1v) is 9.18. The van der Waals surface area contributed by atoms with Crippen LogP contribution in [0.4, 0.5) is 0 Å². The van der Waals surface area contributed by atoms with Gasteiger partial charge >= 0.3 is 0 Å². The van der Waals surface area contributed by atoms with Gasteiger partial charge in [-0.25, -0.2) is 0 Å². The summed E-state index contributed by atoms with van der Waals surface area (Å²) in [5.41, 5.74) is -2.58. The molecule has 0 amide bonds. The van der Waals surface area contributed by atoms with Crippen molar-refractivity contribution in [1.29, 1.82) is 0 Å². The number of ketones is 1. The fourth-order valence-electron chi connectivity index (χ4n) is 6.43. The molecule has 2 bridgehead atoms. The second kappa shape index (κ2) is 4.83. The number of rotatable bonds is 1. The molecule has 2 saturated carbocycles. The first kappa shape index (κ1) is 17.4. The lowest BCUT2D eigenvalue weighted by Gasteiger charge is -2.48. The van der Waals surface area contributed by atoms with Crippen LogP contribution in [0.1, 0.15) is 34.1 Å². The quantitative estimate of drug-likeness (QED) is 0.526. The van der Waals surface area contributed by atoms with Crippen molar-refractivity contribution in [2.24, 2.45) is 34.5 Å². The van der Waals surface area contributed by atoms with Crippen LogP contribution in [-0.4, -0.2) is 50.6 Å². The minimum atomic E-state index is -2.03. The summed E-state index contributed by atoms with van der Waals surface area (Å²) in [7, 11) is 0. The standard InChI is InChI=1S/C20H28O5/c1-9-7-19-10(2)5-13-14(18(13,3)4)12(17(19)24)6-11(8-21)16(23)20(19,25)15(9)22/h6-7,10,12-16,21-23,25H,5,8H2,1-4H3/t10-,12+,13-,14+,15-,16+,19+,20-/m1/s1. The van der Waals surface area contributed by atoms with E-state index in [4.69, 9.17) is 0 Å². The number of aliphatic hydroxyl groups excluding tert-OH is 3. The Bertz CT molecular complexity index is 707. The number of aliphatic hydroxyl groups is 4. The fourth-order valence-corrected chi connectivity index (χ4v) is 6.43. The Morgan fingerprint density at radius 1 is 1.24 bits per heavy atom. The van der Waals surface area contributed by atoms with Gasteiger partial charge < -0.3 is 20.4 Å². The highest BCUT2D eigenvalue weighted by atomic mass is 16.4. The van der Waals surface area contributed by atoms with Gasteiger partial charge in [0, 0.05) is 5.92 Å². The van der Waals surface area contributed by atoms with Crippen molar-refractivity contribution < 1.29 is 25.2 Å². The van der Waals surface area contributed by atoms with E-state index in [1.165, 1.54) is 0 Å².